The van der Waals surface area contributed by atoms with E-state index in [1.807, 2.05) is 4.72 Å². The maximum Gasteiger partial charge on any atom is 0.433 e. The molecule has 0 radical (unpaired) electrons. The Morgan fingerprint density at radius 3 is 2.34 bits per heavy atom. The Bertz CT molecular complexity index is 1520. The minimum atomic E-state index is -4.66. The monoisotopic (exact) mass is 596 g/mol. The molecule has 1 unspecified atom stereocenters. The van der Waals surface area contributed by atoms with E-state index in [1.54, 1.807) is 4.90 Å². The van der Waals surface area contributed by atoms with Gasteiger partial charge in [0.25, 0.3) is 0 Å². The van der Waals surface area contributed by atoms with Crippen LogP contribution < -0.4 is 14.9 Å². The first kappa shape index (κ1) is 30.2. The molecule has 2 aromatic carbocycles. The molecule has 0 aliphatic carbocycles. The van der Waals surface area contributed by atoms with Crippen molar-refractivity contribution in [3.8, 4) is 0 Å². The van der Waals surface area contributed by atoms with Gasteiger partial charge in [-0.3, -0.25) is 9.52 Å². The Morgan fingerprint density at radius 2 is 1.73 bits per heavy atom. The third kappa shape index (κ3) is 7.51. The van der Waals surface area contributed by atoms with Gasteiger partial charge in [0.1, 0.15) is 23.1 Å². The fourth-order valence-corrected chi connectivity index (χ4v) is 5.29. The van der Waals surface area contributed by atoms with Gasteiger partial charge in [-0.15, -0.1) is 0 Å². The predicted octanol–water partition coefficient (Wildman–Crippen LogP) is 5.43. The van der Waals surface area contributed by atoms with E-state index < -0.39 is 45.4 Å². The van der Waals surface area contributed by atoms with Crippen LogP contribution in [0.4, 0.5) is 33.5 Å². The molecule has 4 rings (SSSR count). The number of rotatable bonds is 8. The van der Waals surface area contributed by atoms with Crippen molar-refractivity contribution in [2.45, 2.75) is 38.4 Å². The fourth-order valence-electron chi connectivity index (χ4n) is 4.73. The number of piperidine rings is 1. The van der Waals surface area contributed by atoms with E-state index in [1.165, 1.54) is 30.3 Å². The first-order valence-electron chi connectivity index (χ1n) is 12.8. The van der Waals surface area contributed by atoms with Crippen molar-refractivity contribution in [3.63, 3.8) is 0 Å². The number of carbonyl (C=O) groups is 1. The number of hydrogen-bond donors (Lipinski definition) is 2. The number of anilines is 2. The molecule has 7 nitrogen and oxygen atoms in total. The van der Waals surface area contributed by atoms with Crippen LogP contribution in [0.2, 0.25) is 0 Å². The molecule has 0 saturated carbocycles. The Morgan fingerprint density at radius 1 is 1.05 bits per heavy atom. The lowest BCUT2D eigenvalue weighted by molar-refractivity contribution is -0.141. The Labute approximate surface area is 234 Å². The number of nitrogens with one attached hydrogen (secondary N) is 2. The zero-order valence-electron chi connectivity index (χ0n) is 22.3. The summed E-state index contributed by atoms with van der Waals surface area (Å²) < 4.78 is 95.2. The quantitative estimate of drug-likeness (QED) is 0.339. The Kier molecular flexibility index (Phi) is 8.86. The number of benzene rings is 2. The highest BCUT2D eigenvalue weighted by Crippen LogP contribution is 2.33. The van der Waals surface area contributed by atoms with Crippen molar-refractivity contribution >= 4 is 27.4 Å². The number of amides is 1. The van der Waals surface area contributed by atoms with E-state index in [2.05, 4.69) is 17.2 Å². The summed E-state index contributed by atoms with van der Waals surface area (Å²) in [6.07, 6.45) is -2.26. The second-order valence-corrected chi connectivity index (χ2v) is 11.9. The third-order valence-electron chi connectivity index (χ3n) is 6.88. The third-order valence-corrected chi connectivity index (χ3v) is 7.47. The van der Waals surface area contributed by atoms with Crippen molar-refractivity contribution in [2.24, 2.45) is 5.92 Å². The molecule has 2 N–H and O–H groups in total. The summed E-state index contributed by atoms with van der Waals surface area (Å²) in [6.45, 7) is 2.85. The number of pyridine rings is 1. The SMILES string of the molecule is CC1CCN(c2nc(C(F)(F)F)ccc2CNC(=O)C(c2ccc(NS(C)(=O)=O)c(F)c2)c2ccccc2F)CC1. The van der Waals surface area contributed by atoms with Crippen LogP contribution in [0, 0.1) is 17.6 Å². The topological polar surface area (TPSA) is 91.4 Å². The van der Waals surface area contributed by atoms with Crippen LogP contribution in [-0.4, -0.2) is 38.7 Å². The van der Waals surface area contributed by atoms with Crippen molar-refractivity contribution < 1.29 is 35.2 Å². The molecule has 13 heteroatoms. The number of halogens is 5. The molecule has 1 aromatic heterocycles. The number of sulfonamides is 1. The van der Waals surface area contributed by atoms with Gasteiger partial charge in [-0.25, -0.2) is 22.2 Å². The standard InChI is InChI=1S/C28H29F5N4O3S/c1-17-11-13-37(14-12-17)26-19(8-10-24(35-26)28(31,32)33)16-34-27(38)25(20-5-3-4-6-21(20)29)18-7-9-23(22(30)15-18)36-41(2,39)40/h3-10,15,17,25,36H,11-14,16H2,1-2H3,(H,34,38). The van der Waals surface area contributed by atoms with Crippen LogP contribution in [-0.2, 0) is 27.5 Å². The van der Waals surface area contributed by atoms with Crippen LogP contribution in [0.1, 0.15) is 48.1 Å². The first-order chi connectivity index (χ1) is 19.2. The lowest BCUT2D eigenvalue weighted by Gasteiger charge is -2.33. The van der Waals surface area contributed by atoms with E-state index in [0.29, 0.717) is 24.6 Å². The summed E-state index contributed by atoms with van der Waals surface area (Å²) in [5, 5.41) is 2.65. The number of carbonyl (C=O) groups excluding carboxylic acids is 1. The summed E-state index contributed by atoms with van der Waals surface area (Å²) in [7, 11) is -3.79. The normalized spacial score (nSPS) is 15.4. The molecule has 1 fully saturated rings. The summed E-state index contributed by atoms with van der Waals surface area (Å²) in [6, 6.07) is 10.9. The summed E-state index contributed by atoms with van der Waals surface area (Å²) >= 11 is 0. The molecule has 1 saturated heterocycles. The molecular weight excluding hydrogens is 567 g/mol. The second-order valence-electron chi connectivity index (χ2n) is 10.1. The molecule has 3 aromatic rings. The Balaban J connectivity index is 1.66. The smallest absolute Gasteiger partial charge is 0.356 e. The molecule has 2 heterocycles. The molecule has 1 atom stereocenters. The summed E-state index contributed by atoms with van der Waals surface area (Å²) in [5.74, 6) is -3.27. The average Bonchev–Trinajstić information content (AvgIpc) is 2.89. The largest absolute Gasteiger partial charge is 0.433 e. The summed E-state index contributed by atoms with van der Waals surface area (Å²) in [5.41, 5.74) is -1.08. The van der Waals surface area contributed by atoms with Crippen LogP contribution in [0.15, 0.2) is 54.6 Å². The van der Waals surface area contributed by atoms with Gasteiger partial charge in [0.05, 0.1) is 17.9 Å². The van der Waals surface area contributed by atoms with Gasteiger partial charge in [-0.05, 0) is 48.6 Å². The number of hydrogen-bond acceptors (Lipinski definition) is 5. The lowest BCUT2D eigenvalue weighted by atomic mass is 9.89. The van der Waals surface area contributed by atoms with Gasteiger partial charge in [0.15, 0.2) is 0 Å². The van der Waals surface area contributed by atoms with Gasteiger partial charge in [0.2, 0.25) is 15.9 Å². The van der Waals surface area contributed by atoms with Gasteiger partial charge in [-0.1, -0.05) is 37.3 Å². The van der Waals surface area contributed by atoms with Crippen molar-refractivity contribution in [1.82, 2.24) is 10.3 Å². The maximum absolute atomic E-state index is 14.9. The molecule has 1 aliphatic rings. The molecule has 1 aliphatic heterocycles. The van der Waals surface area contributed by atoms with E-state index in [4.69, 9.17) is 0 Å². The van der Waals surface area contributed by atoms with Crippen LogP contribution in [0.5, 0.6) is 0 Å². The minimum Gasteiger partial charge on any atom is -0.356 e. The number of aromatic nitrogens is 1. The van der Waals surface area contributed by atoms with Crippen molar-refractivity contribution in [3.05, 3.63) is 88.6 Å². The maximum atomic E-state index is 14.9. The van der Waals surface area contributed by atoms with E-state index in [0.717, 1.165) is 43.4 Å². The highest BCUT2D eigenvalue weighted by atomic mass is 32.2. The molecule has 1 amide bonds. The lowest BCUT2D eigenvalue weighted by Crippen LogP contribution is -2.36. The van der Waals surface area contributed by atoms with E-state index in [9.17, 15) is 35.2 Å². The van der Waals surface area contributed by atoms with Gasteiger partial charge in [0, 0.05) is 30.8 Å². The second kappa shape index (κ2) is 12.0. The number of nitrogens with zero attached hydrogens (tertiary/aromatic N) is 2. The zero-order valence-corrected chi connectivity index (χ0v) is 23.1. The van der Waals surface area contributed by atoms with Crippen LogP contribution >= 0.6 is 0 Å². The molecule has 41 heavy (non-hydrogen) atoms. The van der Waals surface area contributed by atoms with Crippen molar-refractivity contribution in [2.75, 3.05) is 29.0 Å². The predicted molar refractivity (Wildman–Crippen MR) is 145 cm³/mol. The van der Waals surface area contributed by atoms with Gasteiger partial charge in [-0.2, -0.15) is 13.2 Å². The van der Waals surface area contributed by atoms with E-state index in [-0.39, 0.29) is 29.2 Å². The van der Waals surface area contributed by atoms with E-state index >= 15 is 0 Å². The minimum absolute atomic E-state index is 0.0416. The highest BCUT2D eigenvalue weighted by molar-refractivity contribution is 7.92. The molecule has 220 valence electrons. The summed E-state index contributed by atoms with van der Waals surface area (Å²) in [4.78, 5) is 19.2. The molecular formula is C28H29F5N4O3S. The fraction of sp³-hybridized carbons (Fsp3) is 0.357. The van der Waals surface area contributed by atoms with Crippen LogP contribution in [0.25, 0.3) is 0 Å². The average molecular weight is 597 g/mol. The van der Waals surface area contributed by atoms with Crippen LogP contribution in [0.3, 0.4) is 0 Å². The van der Waals surface area contributed by atoms with Gasteiger partial charge >= 0.3 is 6.18 Å². The zero-order chi connectivity index (χ0) is 29.9. The first-order valence-corrected chi connectivity index (χ1v) is 14.7. The number of alkyl halides is 3. The molecule has 0 spiro atoms. The van der Waals surface area contributed by atoms with Crippen molar-refractivity contribution in [1.29, 1.82) is 0 Å². The Hall–Kier alpha value is -3.74. The molecule has 0 bridgehead atoms. The van der Waals surface area contributed by atoms with Gasteiger partial charge < -0.3 is 10.2 Å². The highest BCUT2D eigenvalue weighted by Gasteiger charge is 2.34.